The van der Waals surface area contributed by atoms with E-state index in [4.69, 9.17) is 16.5 Å². The predicted molar refractivity (Wildman–Crippen MR) is 118 cm³/mol. The number of hydrogen-bond acceptors (Lipinski definition) is 7. The number of piperidine rings is 1. The van der Waals surface area contributed by atoms with Crippen LogP contribution in [0, 0.1) is 0 Å². The van der Waals surface area contributed by atoms with Crippen molar-refractivity contribution in [1.29, 1.82) is 0 Å². The molecular formula is C22H23N7O2. The Morgan fingerprint density at radius 2 is 1.94 bits per heavy atom. The van der Waals surface area contributed by atoms with Crippen LogP contribution in [0.5, 0.6) is 0 Å². The van der Waals surface area contributed by atoms with E-state index in [0.29, 0.717) is 43.2 Å². The number of aromatic nitrogens is 4. The molecule has 0 saturated carbocycles. The Labute approximate surface area is 178 Å². The molecule has 1 aliphatic rings. The highest BCUT2D eigenvalue weighted by Crippen LogP contribution is 2.31. The SMILES string of the molecule is NC(=O)CC1(O)CCN(c2cc(N)n3ncc(-c4cnc5ccccc5c4)c3n2)CC1. The molecule has 1 aromatic carbocycles. The van der Waals surface area contributed by atoms with Gasteiger partial charge in [0.05, 0.1) is 23.7 Å². The lowest BCUT2D eigenvalue weighted by Crippen LogP contribution is -2.46. The number of aliphatic hydroxyl groups is 1. The molecule has 1 aliphatic heterocycles. The number of nitrogens with two attached hydrogens (primary N) is 2. The van der Waals surface area contributed by atoms with Crippen LogP contribution < -0.4 is 16.4 Å². The maximum atomic E-state index is 11.2. The third-order valence-electron chi connectivity index (χ3n) is 5.91. The van der Waals surface area contributed by atoms with Crippen LogP contribution in [0.2, 0.25) is 0 Å². The number of anilines is 2. The highest BCUT2D eigenvalue weighted by Gasteiger charge is 2.34. The van der Waals surface area contributed by atoms with E-state index in [0.717, 1.165) is 22.0 Å². The second-order valence-corrected chi connectivity index (χ2v) is 8.10. The maximum absolute atomic E-state index is 11.2. The van der Waals surface area contributed by atoms with Gasteiger partial charge in [0.15, 0.2) is 5.65 Å². The molecule has 1 amide bonds. The lowest BCUT2D eigenvalue weighted by Gasteiger charge is -2.38. The fourth-order valence-corrected chi connectivity index (χ4v) is 4.21. The minimum absolute atomic E-state index is 0.0306. The van der Waals surface area contributed by atoms with Crippen LogP contribution in [-0.2, 0) is 4.79 Å². The number of nitrogen functional groups attached to an aromatic ring is 1. The lowest BCUT2D eigenvalue weighted by atomic mass is 9.88. The normalized spacial score (nSPS) is 16.1. The second kappa shape index (κ2) is 7.21. The van der Waals surface area contributed by atoms with Gasteiger partial charge in [-0.3, -0.25) is 9.78 Å². The van der Waals surface area contributed by atoms with Crippen LogP contribution in [0.1, 0.15) is 19.3 Å². The largest absolute Gasteiger partial charge is 0.389 e. The predicted octanol–water partition coefficient (Wildman–Crippen LogP) is 1.73. The summed E-state index contributed by atoms with van der Waals surface area (Å²) in [6.45, 7) is 1.10. The number of fused-ring (bicyclic) bond motifs is 2. The molecule has 4 aromatic rings. The van der Waals surface area contributed by atoms with Crippen LogP contribution in [0.15, 0.2) is 48.8 Å². The van der Waals surface area contributed by atoms with Gasteiger partial charge in [-0.05, 0) is 25.0 Å². The van der Waals surface area contributed by atoms with Crippen LogP contribution in [0.4, 0.5) is 11.6 Å². The zero-order valence-corrected chi connectivity index (χ0v) is 16.9. The standard InChI is InChI=1S/C22H23N7O2/c23-18-10-20(28-7-5-22(31,6-8-28)11-19(24)30)27-21-16(13-26-29(18)21)15-9-14-3-1-2-4-17(14)25-12-15/h1-4,9-10,12-13,31H,5-8,11,23H2,(H2,24,30). The molecule has 4 heterocycles. The monoisotopic (exact) mass is 417 g/mol. The first-order chi connectivity index (χ1) is 14.9. The number of carbonyl (C=O) groups excluding carboxylic acids is 1. The average Bonchev–Trinajstić information content (AvgIpc) is 3.18. The Bertz CT molecular complexity index is 1290. The van der Waals surface area contributed by atoms with Crippen LogP contribution >= 0.6 is 0 Å². The van der Waals surface area contributed by atoms with Crippen molar-refractivity contribution in [2.45, 2.75) is 24.9 Å². The molecule has 0 spiro atoms. The Hall–Kier alpha value is -3.72. The number of benzene rings is 1. The molecule has 3 aromatic heterocycles. The number of nitrogens with zero attached hydrogens (tertiary/aromatic N) is 5. The third kappa shape index (κ3) is 3.53. The van der Waals surface area contributed by atoms with E-state index in [1.54, 1.807) is 16.8 Å². The molecular weight excluding hydrogens is 394 g/mol. The highest BCUT2D eigenvalue weighted by molar-refractivity contribution is 5.87. The van der Waals surface area contributed by atoms with Gasteiger partial charge >= 0.3 is 0 Å². The molecule has 158 valence electrons. The zero-order valence-electron chi connectivity index (χ0n) is 16.9. The molecule has 31 heavy (non-hydrogen) atoms. The van der Waals surface area contributed by atoms with Gasteiger partial charge < -0.3 is 21.5 Å². The molecule has 0 radical (unpaired) electrons. The van der Waals surface area contributed by atoms with Crippen molar-refractivity contribution in [3.05, 3.63) is 48.8 Å². The van der Waals surface area contributed by atoms with Crippen molar-refractivity contribution in [2.24, 2.45) is 5.73 Å². The van der Waals surface area contributed by atoms with E-state index in [-0.39, 0.29) is 6.42 Å². The minimum Gasteiger partial charge on any atom is -0.389 e. The van der Waals surface area contributed by atoms with Gasteiger partial charge in [0.1, 0.15) is 11.6 Å². The van der Waals surface area contributed by atoms with Gasteiger partial charge in [0, 0.05) is 41.9 Å². The number of amides is 1. The molecule has 9 heteroatoms. The molecule has 5 rings (SSSR count). The Kier molecular flexibility index (Phi) is 4.48. The summed E-state index contributed by atoms with van der Waals surface area (Å²) in [4.78, 5) is 22.7. The summed E-state index contributed by atoms with van der Waals surface area (Å²) in [6, 6.07) is 11.8. The maximum Gasteiger partial charge on any atom is 0.220 e. The molecule has 1 fully saturated rings. The van der Waals surface area contributed by atoms with Gasteiger partial charge in [-0.2, -0.15) is 9.61 Å². The third-order valence-corrected chi connectivity index (χ3v) is 5.91. The minimum atomic E-state index is -1.06. The van der Waals surface area contributed by atoms with Crippen molar-refractivity contribution < 1.29 is 9.90 Å². The first-order valence-electron chi connectivity index (χ1n) is 10.2. The summed E-state index contributed by atoms with van der Waals surface area (Å²) in [5.74, 6) is 0.687. The van der Waals surface area contributed by atoms with Crippen LogP contribution in [0.3, 0.4) is 0 Å². The first-order valence-corrected chi connectivity index (χ1v) is 10.2. The molecule has 0 aliphatic carbocycles. The topological polar surface area (TPSA) is 136 Å². The van der Waals surface area contributed by atoms with E-state index in [1.165, 1.54) is 0 Å². The smallest absolute Gasteiger partial charge is 0.220 e. The van der Waals surface area contributed by atoms with E-state index in [9.17, 15) is 9.90 Å². The highest BCUT2D eigenvalue weighted by atomic mass is 16.3. The first kappa shape index (κ1) is 19.3. The van der Waals surface area contributed by atoms with Crippen molar-refractivity contribution in [3.8, 4) is 11.1 Å². The van der Waals surface area contributed by atoms with E-state index in [1.807, 2.05) is 30.5 Å². The summed E-state index contributed by atoms with van der Waals surface area (Å²) >= 11 is 0. The fraction of sp³-hybridized carbons (Fsp3) is 0.273. The van der Waals surface area contributed by atoms with E-state index in [2.05, 4.69) is 21.0 Å². The van der Waals surface area contributed by atoms with Gasteiger partial charge in [-0.1, -0.05) is 18.2 Å². The number of rotatable bonds is 4. The zero-order chi connectivity index (χ0) is 21.6. The molecule has 5 N–H and O–H groups in total. The average molecular weight is 417 g/mol. The lowest BCUT2D eigenvalue weighted by molar-refractivity contribution is -0.123. The van der Waals surface area contributed by atoms with Gasteiger partial charge in [0.2, 0.25) is 5.91 Å². The van der Waals surface area contributed by atoms with Crippen molar-refractivity contribution in [2.75, 3.05) is 23.7 Å². The Morgan fingerprint density at radius 1 is 1.16 bits per heavy atom. The molecule has 9 nitrogen and oxygen atoms in total. The van der Waals surface area contributed by atoms with Crippen LogP contribution in [0.25, 0.3) is 27.7 Å². The van der Waals surface area contributed by atoms with Crippen molar-refractivity contribution >= 4 is 34.1 Å². The molecule has 1 saturated heterocycles. The number of para-hydroxylation sites is 1. The molecule has 0 bridgehead atoms. The molecule has 0 unspecified atom stereocenters. The molecule has 0 atom stereocenters. The Morgan fingerprint density at radius 3 is 2.71 bits per heavy atom. The van der Waals surface area contributed by atoms with Gasteiger partial charge in [0.25, 0.3) is 0 Å². The summed E-state index contributed by atoms with van der Waals surface area (Å²) < 4.78 is 1.61. The number of hydrogen-bond donors (Lipinski definition) is 3. The number of primary amides is 1. The van der Waals surface area contributed by atoms with Crippen molar-refractivity contribution in [3.63, 3.8) is 0 Å². The summed E-state index contributed by atoms with van der Waals surface area (Å²) in [7, 11) is 0. The van der Waals surface area contributed by atoms with Crippen molar-refractivity contribution in [1.82, 2.24) is 19.6 Å². The second-order valence-electron chi connectivity index (χ2n) is 8.10. The number of carbonyl (C=O) groups is 1. The summed E-state index contributed by atoms with van der Waals surface area (Å²) in [6.07, 6.45) is 4.40. The summed E-state index contributed by atoms with van der Waals surface area (Å²) in [5, 5.41) is 16.0. The number of pyridine rings is 1. The van der Waals surface area contributed by atoms with E-state index >= 15 is 0 Å². The van der Waals surface area contributed by atoms with Gasteiger partial charge in [-0.25, -0.2) is 4.98 Å². The Balaban J connectivity index is 1.50. The quantitative estimate of drug-likeness (QED) is 0.460. The van der Waals surface area contributed by atoms with E-state index < -0.39 is 11.5 Å². The van der Waals surface area contributed by atoms with Gasteiger partial charge in [-0.15, -0.1) is 0 Å². The fourth-order valence-electron chi connectivity index (χ4n) is 4.21. The summed E-state index contributed by atoms with van der Waals surface area (Å²) in [5.41, 5.74) is 13.8. The van der Waals surface area contributed by atoms with Crippen LogP contribution in [-0.4, -0.2) is 49.3 Å².